The number of para-hydroxylation sites is 2. The molecular formula is C35H39N3O. The minimum absolute atomic E-state index is 0.721. The number of likely N-dealkylation sites (tertiary alicyclic amines) is 1. The van der Waals surface area contributed by atoms with Crippen molar-refractivity contribution in [1.82, 2.24) is 14.5 Å². The Kier molecular flexibility index (Phi) is 6.88. The van der Waals surface area contributed by atoms with Gasteiger partial charge in [0.05, 0.1) is 12.1 Å². The molecular weight excluding hydrogens is 478 g/mol. The molecule has 3 heterocycles. The van der Waals surface area contributed by atoms with Crippen LogP contribution in [0.5, 0.6) is 5.75 Å². The maximum Gasteiger partial charge on any atom is 0.119 e. The van der Waals surface area contributed by atoms with Crippen molar-refractivity contribution in [2.24, 2.45) is 0 Å². The molecule has 4 heteroatoms. The van der Waals surface area contributed by atoms with E-state index in [9.17, 15) is 0 Å². The van der Waals surface area contributed by atoms with Gasteiger partial charge in [0.25, 0.3) is 0 Å². The lowest BCUT2D eigenvalue weighted by atomic mass is 10.2. The van der Waals surface area contributed by atoms with Gasteiger partial charge in [-0.3, -0.25) is 0 Å². The molecule has 1 saturated heterocycles. The van der Waals surface area contributed by atoms with Crippen molar-refractivity contribution >= 4 is 21.8 Å². The van der Waals surface area contributed by atoms with Crippen LogP contribution in [0.3, 0.4) is 0 Å². The first-order valence-electron chi connectivity index (χ1n) is 15.0. The van der Waals surface area contributed by atoms with Gasteiger partial charge in [0.2, 0.25) is 0 Å². The fourth-order valence-electron chi connectivity index (χ4n) is 6.03. The number of rotatable bonds is 8. The van der Waals surface area contributed by atoms with Crippen LogP contribution in [0.1, 0.15) is 68.2 Å². The van der Waals surface area contributed by atoms with Crippen LogP contribution in [0.15, 0.2) is 84.9 Å². The Morgan fingerprint density at radius 1 is 0.744 bits per heavy atom. The lowest BCUT2D eigenvalue weighted by Gasteiger charge is -2.15. The number of fused-ring (bicyclic) bond motifs is 2. The summed E-state index contributed by atoms with van der Waals surface area (Å²) in [6, 6.07) is 30.5. The van der Waals surface area contributed by atoms with E-state index in [0.29, 0.717) is 0 Å². The Labute approximate surface area is 231 Å². The molecule has 200 valence electrons. The van der Waals surface area contributed by atoms with Gasteiger partial charge in [0.1, 0.15) is 5.75 Å². The van der Waals surface area contributed by atoms with Crippen LogP contribution in [0, 0.1) is 0 Å². The number of aromatic amines is 1. The van der Waals surface area contributed by atoms with Crippen LogP contribution in [0.25, 0.3) is 27.5 Å². The summed E-state index contributed by atoms with van der Waals surface area (Å²) in [4.78, 5) is 6.00. The highest BCUT2D eigenvalue weighted by atomic mass is 16.5. The predicted molar refractivity (Wildman–Crippen MR) is 161 cm³/mol. The SMILES string of the molecule is c1ccc2[nH]c(C3CC3)cc2c1.c1ccc2c(c1)cc(C1CC1)n2-c1ccc(OCCCN2CCCC2)cc1. The van der Waals surface area contributed by atoms with Crippen LogP contribution in [0.2, 0.25) is 0 Å². The predicted octanol–water partition coefficient (Wildman–Crippen LogP) is 8.42. The van der Waals surface area contributed by atoms with Gasteiger partial charge in [-0.05, 0) is 124 Å². The van der Waals surface area contributed by atoms with Gasteiger partial charge in [-0.15, -0.1) is 0 Å². The standard InChI is InChI=1S/C24H28N2O.C11H11N/c1-2-7-23-20(6-1)18-24(19-8-9-19)26(23)21-10-12-22(13-11-21)27-17-5-16-25-14-3-4-15-25;1-2-4-10-9(3-1)7-11(12-10)8-5-6-8/h1-2,6-7,10-13,18-19H,3-5,8-9,14-17H2;1-4,7-8,12H,5-6H2. The minimum atomic E-state index is 0.721. The number of hydrogen-bond donors (Lipinski definition) is 1. The van der Waals surface area contributed by atoms with Gasteiger partial charge in [0, 0.05) is 34.5 Å². The van der Waals surface area contributed by atoms with E-state index < -0.39 is 0 Å². The second kappa shape index (κ2) is 10.9. The molecule has 0 radical (unpaired) electrons. The number of benzene rings is 3. The van der Waals surface area contributed by atoms with Crippen molar-refractivity contribution < 1.29 is 4.74 Å². The first-order valence-corrected chi connectivity index (χ1v) is 15.0. The van der Waals surface area contributed by atoms with Crippen LogP contribution in [-0.4, -0.2) is 40.7 Å². The average molecular weight is 518 g/mol. The molecule has 39 heavy (non-hydrogen) atoms. The molecule has 4 nitrogen and oxygen atoms in total. The van der Waals surface area contributed by atoms with Crippen LogP contribution in [-0.2, 0) is 0 Å². The van der Waals surface area contributed by atoms with Crippen molar-refractivity contribution in [3.63, 3.8) is 0 Å². The normalized spacial score (nSPS) is 17.4. The van der Waals surface area contributed by atoms with Gasteiger partial charge >= 0.3 is 0 Å². The number of ether oxygens (including phenoxy) is 1. The average Bonchev–Trinajstić information content (AvgIpc) is 3.87. The van der Waals surface area contributed by atoms with E-state index in [1.165, 1.54) is 90.5 Å². The summed E-state index contributed by atoms with van der Waals surface area (Å²) in [7, 11) is 0. The maximum atomic E-state index is 5.98. The highest BCUT2D eigenvalue weighted by Gasteiger charge is 2.28. The molecule has 8 rings (SSSR count). The molecule has 1 N–H and O–H groups in total. The zero-order valence-electron chi connectivity index (χ0n) is 22.8. The third-order valence-electron chi connectivity index (χ3n) is 8.48. The Morgan fingerprint density at radius 3 is 2.21 bits per heavy atom. The number of hydrogen-bond acceptors (Lipinski definition) is 2. The molecule has 1 aliphatic heterocycles. The number of nitrogens with zero attached hydrogens (tertiary/aromatic N) is 2. The molecule has 5 aromatic rings. The summed E-state index contributed by atoms with van der Waals surface area (Å²) in [5.41, 5.74) is 6.70. The molecule has 3 aromatic carbocycles. The Hall–Kier alpha value is -3.50. The third-order valence-corrected chi connectivity index (χ3v) is 8.48. The van der Waals surface area contributed by atoms with E-state index in [1.807, 2.05) is 0 Å². The number of H-pyrrole nitrogens is 1. The second-order valence-corrected chi connectivity index (χ2v) is 11.6. The second-order valence-electron chi connectivity index (χ2n) is 11.6. The molecule has 0 atom stereocenters. The number of aromatic nitrogens is 2. The Balaban J connectivity index is 0.000000174. The van der Waals surface area contributed by atoms with Crippen molar-refractivity contribution in [2.45, 2.75) is 56.8 Å². The summed E-state index contributed by atoms with van der Waals surface area (Å²) >= 11 is 0. The third kappa shape index (κ3) is 5.62. The van der Waals surface area contributed by atoms with Crippen LogP contribution < -0.4 is 4.74 Å². The van der Waals surface area contributed by atoms with E-state index in [-0.39, 0.29) is 0 Å². The minimum Gasteiger partial charge on any atom is -0.494 e. The van der Waals surface area contributed by atoms with Crippen LogP contribution >= 0.6 is 0 Å². The zero-order valence-corrected chi connectivity index (χ0v) is 22.8. The summed E-state index contributed by atoms with van der Waals surface area (Å²) in [5, 5.41) is 2.68. The zero-order chi connectivity index (χ0) is 26.0. The van der Waals surface area contributed by atoms with Gasteiger partial charge in [-0.25, -0.2) is 0 Å². The van der Waals surface area contributed by atoms with E-state index in [1.54, 1.807) is 0 Å². The first-order chi connectivity index (χ1) is 19.3. The van der Waals surface area contributed by atoms with E-state index in [4.69, 9.17) is 4.74 Å². The molecule has 0 amide bonds. The molecule has 2 aromatic heterocycles. The summed E-state index contributed by atoms with van der Waals surface area (Å²) in [6.45, 7) is 4.50. The topological polar surface area (TPSA) is 33.2 Å². The van der Waals surface area contributed by atoms with E-state index in [2.05, 4.69) is 99.4 Å². The molecule has 2 saturated carbocycles. The van der Waals surface area contributed by atoms with Crippen molar-refractivity contribution in [2.75, 3.05) is 26.2 Å². The smallest absolute Gasteiger partial charge is 0.119 e. The van der Waals surface area contributed by atoms with Gasteiger partial charge in [-0.2, -0.15) is 0 Å². The molecule has 0 spiro atoms. The fourth-order valence-corrected chi connectivity index (χ4v) is 6.03. The van der Waals surface area contributed by atoms with E-state index >= 15 is 0 Å². The van der Waals surface area contributed by atoms with Crippen molar-refractivity contribution in [1.29, 1.82) is 0 Å². The van der Waals surface area contributed by atoms with Crippen LogP contribution in [0.4, 0.5) is 0 Å². The van der Waals surface area contributed by atoms with Gasteiger partial charge in [0.15, 0.2) is 0 Å². The molecule has 0 bridgehead atoms. The lowest BCUT2D eigenvalue weighted by molar-refractivity contribution is 0.263. The lowest BCUT2D eigenvalue weighted by Crippen LogP contribution is -2.21. The van der Waals surface area contributed by atoms with Gasteiger partial charge in [-0.1, -0.05) is 36.4 Å². The molecule has 2 aliphatic carbocycles. The summed E-state index contributed by atoms with van der Waals surface area (Å²) in [5.74, 6) is 2.53. The molecule has 3 aliphatic rings. The first kappa shape index (κ1) is 24.5. The van der Waals surface area contributed by atoms with Crippen molar-refractivity contribution in [3.8, 4) is 11.4 Å². The largest absolute Gasteiger partial charge is 0.494 e. The fraction of sp³-hybridized carbons (Fsp3) is 0.371. The Morgan fingerprint density at radius 2 is 1.46 bits per heavy atom. The van der Waals surface area contributed by atoms with Gasteiger partial charge < -0.3 is 19.2 Å². The molecule has 3 fully saturated rings. The highest BCUT2D eigenvalue weighted by molar-refractivity contribution is 5.84. The quantitative estimate of drug-likeness (QED) is 0.210. The summed E-state index contributed by atoms with van der Waals surface area (Å²) < 4.78 is 8.41. The Bertz CT molecular complexity index is 1500. The highest BCUT2D eigenvalue weighted by Crippen LogP contribution is 2.43. The molecule has 0 unspecified atom stereocenters. The number of nitrogens with one attached hydrogen (secondary N) is 1. The maximum absolute atomic E-state index is 5.98. The summed E-state index contributed by atoms with van der Waals surface area (Å²) in [6.07, 6.45) is 9.19. The van der Waals surface area contributed by atoms with Crippen molar-refractivity contribution in [3.05, 3.63) is 96.3 Å². The van der Waals surface area contributed by atoms with E-state index in [0.717, 1.165) is 37.2 Å². The monoisotopic (exact) mass is 517 g/mol.